The summed E-state index contributed by atoms with van der Waals surface area (Å²) in [5.74, 6) is 0. The Hall–Kier alpha value is -0.860. The first-order valence-electron chi connectivity index (χ1n) is 5.83. The number of benzene rings is 1. The van der Waals surface area contributed by atoms with E-state index in [0.717, 1.165) is 6.42 Å². The molecule has 0 aliphatic rings. The third-order valence-corrected chi connectivity index (χ3v) is 2.85. The molecule has 0 heterocycles. The minimum absolute atomic E-state index is 0.0283. The molecule has 0 spiro atoms. The number of rotatable bonds is 3. The molecule has 0 aromatic heterocycles. The van der Waals surface area contributed by atoms with E-state index in [1.807, 2.05) is 13.8 Å². The maximum absolute atomic E-state index is 6.25. The van der Waals surface area contributed by atoms with E-state index in [2.05, 4.69) is 32.9 Å². The van der Waals surface area contributed by atoms with Gasteiger partial charge in [-0.3, -0.25) is 0 Å². The van der Waals surface area contributed by atoms with Crippen LogP contribution in [0.2, 0.25) is 0 Å². The number of nitrogens with two attached hydrogens (primary N) is 2. The van der Waals surface area contributed by atoms with Crippen LogP contribution >= 0.6 is 0 Å². The van der Waals surface area contributed by atoms with Gasteiger partial charge in [0.2, 0.25) is 0 Å². The molecule has 0 bridgehead atoms. The summed E-state index contributed by atoms with van der Waals surface area (Å²) in [6.45, 7) is 10.4. The monoisotopic (exact) mass is 220 g/mol. The Bertz CT molecular complexity index is 352. The summed E-state index contributed by atoms with van der Waals surface area (Å²) in [6.07, 6.45) is 0.803. The zero-order valence-corrected chi connectivity index (χ0v) is 11.1. The zero-order valence-electron chi connectivity index (χ0n) is 11.1. The maximum Gasteiger partial charge on any atom is 0.0317 e. The first-order chi connectivity index (χ1) is 7.20. The average molecular weight is 220 g/mol. The summed E-state index contributed by atoms with van der Waals surface area (Å²) in [7, 11) is 0. The minimum Gasteiger partial charge on any atom is -0.325 e. The summed E-state index contributed by atoms with van der Waals surface area (Å²) in [6, 6.07) is 4.40. The maximum atomic E-state index is 6.25. The fourth-order valence-corrected chi connectivity index (χ4v) is 2.44. The predicted molar refractivity (Wildman–Crippen MR) is 70.5 cm³/mol. The lowest BCUT2D eigenvalue weighted by atomic mass is 9.87. The van der Waals surface area contributed by atoms with Crippen molar-refractivity contribution in [3.63, 3.8) is 0 Å². The minimum atomic E-state index is -0.219. The molecular weight excluding hydrogens is 196 g/mol. The third kappa shape index (κ3) is 3.32. The second kappa shape index (κ2) is 4.56. The van der Waals surface area contributed by atoms with Crippen LogP contribution in [0.5, 0.6) is 0 Å². The van der Waals surface area contributed by atoms with Crippen molar-refractivity contribution in [1.82, 2.24) is 0 Å². The highest BCUT2D eigenvalue weighted by molar-refractivity contribution is 5.39. The molecule has 2 heteroatoms. The fraction of sp³-hybridized carbons (Fsp3) is 0.571. The second-order valence-corrected chi connectivity index (χ2v) is 5.61. The first kappa shape index (κ1) is 13.2. The van der Waals surface area contributed by atoms with E-state index in [1.165, 1.54) is 22.3 Å². The molecule has 90 valence electrons. The number of hydrogen-bond donors (Lipinski definition) is 2. The Kier molecular flexibility index (Phi) is 3.76. The van der Waals surface area contributed by atoms with Crippen LogP contribution in [0.15, 0.2) is 12.1 Å². The Balaban J connectivity index is 3.04. The molecule has 0 aliphatic carbocycles. The van der Waals surface area contributed by atoms with Crippen LogP contribution in [0.25, 0.3) is 0 Å². The fourth-order valence-electron chi connectivity index (χ4n) is 2.44. The highest BCUT2D eigenvalue weighted by Crippen LogP contribution is 2.26. The SMILES string of the molecule is Cc1cc(C)c(C(N)CC(C)(C)N)c(C)c1. The molecule has 1 atom stereocenters. The summed E-state index contributed by atoms with van der Waals surface area (Å²) in [4.78, 5) is 0. The molecule has 0 aliphatic heterocycles. The van der Waals surface area contributed by atoms with Crippen LogP contribution in [0, 0.1) is 20.8 Å². The van der Waals surface area contributed by atoms with Gasteiger partial charge in [-0.25, -0.2) is 0 Å². The summed E-state index contributed by atoms with van der Waals surface area (Å²) in [5, 5.41) is 0. The summed E-state index contributed by atoms with van der Waals surface area (Å²) in [5.41, 5.74) is 17.1. The Morgan fingerprint density at radius 3 is 1.94 bits per heavy atom. The van der Waals surface area contributed by atoms with E-state index in [9.17, 15) is 0 Å². The molecule has 0 saturated heterocycles. The van der Waals surface area contributed by atoms with E-state index in [0.29, 0.717) is 0 Å². The van der Waals surface area contributed by atoms with Crippen molar-refractivity contribution in [2.75, 3.05) is 0 Å². The molecule has 1 aromatic rings. The molecule has 1 unspecified atom stereocenters. The largest absolute Gasteiger partial charge is 0.325 e. The van der Waals surface area contributed by atoms with Crippen LogP contribution in [0.4, 0.5) is 0 Å². The van der Waals surface area contributed by atoms with Gasteiger partial charge in [0.15, 0.2) is 0 Å². The molecular formula is C14H24N2. The quantitative estimate of drug-likeness (QED) is 0.823. The molecule has 1 rings (SSSR count). The molecule has 1 aromatic carbocycles. The van der Waals surface area contributed by atoms with E-state index < -0.39 is 0 Å². The molecule has 0 amide bonds. The molecule has 0 radical (unpaired) electrons. The lowest BCUT2D eigenvalue weighted by molar-refractivity contribution is 0.427. The van der Waals surface area contributed by atoms with Gasteiger partial charge in [-0.05, 0) is 57.7 Å². The van der Waals surface area contributed by atoms with E-state index >= 15 is 0 Å². The van der Waals surface area contributed by atoms with Gasteiger partial charge < -0.3 is 11.5 Å². The van der Waals surface area contributed by atoms with Gasteiger partial charge in [0.25, 0.3) is 0 Å². The predicted octanol–water partition coefficient (Wildman–Crippen LogP) is 2.74. The van der Waals surface area contributed by atoms with Crippen molar-refractivity contribution in [3.05, 3.63) is 34.4 Å². The lowest BCUT2D eigenvalue weighted by Crippen LogP contribution is -2.36. The average Bonchev–Trinajstić information content (AvgIpc) is 1.96. The second-order valence-electron chi connectivity index (χ2n) is 5.61. The van der Waals surface area contributed by atoms with Crippen molar-refractivity contribution in [2.45, 2.75) is 52.6 Å². The third-order valence-electron chi connectivity index (χ3n) is 2.85. The van der Waals surface area contributed by atoms with Crippen molar-refractivity contribution in [2.24, 2.45) is 11.5 Å². The summed E-state index contributed by atoms with van der Waals surface area (Å²) >= 11 is 0. The van der Waals surface area contributed by atoms with Crippen molar-refractivity contribution < 1.29 is 0 Å². The van der Waals surface area contributed by atoms with Crippen molar-refractivity contribution >= 4 is 0 Å². The zero-order chi connectivity index (χ0) is 12.5. The molecule has 16 heavy (non-hydrogen) atoms. The van der Waals surface area contributed by atoms with Gasteiger partial charge in [-0.2, -0.15) is 0 Å². The Labute approximate surface area is 99.0 Å². The van der Waals surface area contributed by atoms with Crippen LogP contribution < -0.4 is 11.5 Å². The van der Waals surface area contributed by atoms with E-state index in [1.54, 1.807) is 0 Å². The standard InChI is InChI=1S/C14H24N2/c1-9-6-10(2)13(11(3)7-9)12(15)8-14(4,5)16/h6-7,12H,8,15-16H2,1-5H3. The smallest absolute Gasteiger partial charge is 0.0317 e. The van der Waals surface area contributed by atoms with Crippen molar-refractivity contribution in [3.8, 4) is 0 Å². The van der Waals surface area contributed by atoms with Gasteiger partial charge in [0, 0.05) is 11.6 Å². The first-order valence-corrected chi connectivity index (χ1v) is 5.83. The van der Waals surface area contributed by atoms with E-state index in [4.69, 9.17) is 11.5 Å². The lowest BCUT2D eigenvalue weighted by Gasteiger charge is -2.26. The highest BCUT2D eigenvalue weighted by Gasteiger charge is 2.20. The van der Waals surface area contributed by atoms with Crippen LogP contribution in [0.3, 0.4) is 0 Å². The molecule has 0 fully saturated rings. The molecule has 0 saturated carbocycles. The van der Waals surface area contributed by atoms with Crippen LogP contribution in [0.1, 0.15) is 48.6 Å². The topological polar surface area (TPSA) is 52.0 Å². The normalized spacial score (nSPS) is 13.9. The molecule has 4 N–H and O–H groups in total. The van der Waals surface area contributed by atoms with Crippen molar-refractivity contribution in [1.29, 1.82) is 0 Å². The van der Waals surface area contributed by atoms with Crippen LogP contribution in [-0.4, -0.2) is 5.54 Å². The highest BCUT2D eigenvalue weighted by atomic mass is 14.7. The van der Waals surface area contributed by atoms with Gasteiger partial charge >= 0.3 is 0 Å². The van der Waals surface area contributed by atoms with Crippen LogP contribution in [-0.2, 0) is 0 Å². The summed E-state index contributed by atoms with van der Waals surface area (Å²) < 4.78 is 0. The van der Waals surface area contributed by atoms with Gasteiger partial charge in [0.05, 0.1) is 0 Å². The van der Waals surface area contributed by atoms with Gasteiger partial charge in [-0.15, -0.1) is 0 Å². The molecule has 2 nitrogen and oxygen atoms in total. The number of hydrogen-bond acceptors (Lipinski definition) is 2. The van der Waals surface area contributed by atoms with Gasteiger partial charge in [0.1, 0.15) is 0 Å². The Morgan fingerprint density at radius 2 is 1.56 bits per heavy atom. The van der Waals surface area contributed by atoms with E-state index in [-0.39, 0.29) is 11.6 Å². The number of aryl methyl sites for hydroxylation is 3. The Morgan fingerprint density at radius 1 is 1.12 bits per heavy atom. The van der Waals surface area contributed by atoms with Gasteiger partial charge in [-0.1, -0.05) is 17.7 Å².